The third-order valence-electron chi connectivity index (χ3n) is 1.85. The van der Waals surface area contributed by atoms with Crippen LogP contribution >= 0.6 is 43.5 Å². The minimum Gasteiger partial charge on any atom is -0.293 e. The molecule has 0 aliphatic heterocycles. The summed E-state index contributed by atoms with van der Waals surface area (Å²) in [6, 6.07) is 5.53. The van der Waals surface area contributed by atoms with E-state index < -0.39 is 0 Å². The zero-order valence-corrected chi connectivity index (χ0v) is 11.5. The number of rotatable bonds is 3. The highest BCUT2D eigenvalue weighted by atomic mass is 79.9. The Kier molecular flexibility index (Phi) is 4.61. The van der Waals surface area contributed by atoms with Gasteiger partial charge in [0.25, 0.3) is 0 Å². The molecule has 0 bridgehead atoms. The van der Waals surface area contributed by atoms with E-state index in [1.165, 1.54) is 0 Å². The number of ketones is 1. The lowest BCUT2D eigenvalue weighted by Gasteiger charge is -2.08. The molecule has 1 aromatic carbocycles. The molecule has 1 nitrogen and oxygen atoms in total. The molecule has 4 heteroatoms. The van der Waals surface area contributed by atoms with E-state index in [1.54, 1.807) is 6.07 Å². The lowest BCUT2D eigenvalue weighted by molar-refractivity contribution is 0.0995. The number of hydrogen-bond donors (Lipinski definition) is 0. The minimum atomic E-state index is -0.177. The standard InChI is InChI=1S/C10H9Br2ClO/c1-6(11)10(14)8-4-2-3-7(5-13)9(8)12/h2-4,6H,5H2,1H3. The number of carbonyl (C=O) groups is 1. The molecule has 0 aliphatic rings. The maximum absolute atomic E-state index is 11.7. The number of carbonyl (C=O) groups excluding carboxylic acids is 1. The second-order valence-electron chi connectivity index (χ2n) is 2.89. The van der Waals surface area contributed by atoms with Gasteiger partial charge in [-0.3, -0.25) is 4.79 Å². The van der Waals surface area contributed by atoms with Crippen molar-refractivity contribution in [2.24, 2.45) is 0 Å². The fourth-order valence-corrected chi connectivity index (χ4v) is 2.32. The van der Waals surface area contributed by atoms with Crippen LogP contribution in [-0.4, -0.2) is 10.6 Å². The van der Waals surface area contributed by atoms with Gasteiger partial charge in [0.2, 0.25) is 0 Å². The molecular weight excluding hydrogens is 331 g/mol. The molecule has 0 fully saturated rings. The molecule has 0 radical (unpaired) electrons. The van der Waals surface area contributed by atoms with Crippen LogP contribution in [0.3, 0.4) is 0 Å². The van der Waals surface area contributed by atoms with Crippen molar-refractivity contribution in [2.45, 2.75) is 17.6 Å². The normalized spacial score (nSPS) is 12.6. The highest BCUT2D eigenvalue weighted by Crippen LogP contribution is 2.25. The Balaban J connectivity index is 3.16. The Morgan fingerprint density at radius 3 is 2.71 bits per heavy atom. The first kappa shape index (κ1) is 12.2. The number of halogens is 3. The molecule has 14 heavy (non-hydrogen) atoms. The summed E-state index contributed by atoms with van der Waals surface area (Å²) in [5, 5.41) is 0. The quantitative estimate of drug-likeness (QED) is 0.597. The second-order valence-corrected chi connectivity index (χ2v) is 5.33. The van der Waals surface area contributed by atoms with E-state index in [0.29, 0.717) is 11.4 Å². The van der Waals surface area contributed by atoms with Gasteiger partial charge in [-0.2, -0.15) is 0 Å². The number of hydrogen-bond acceptors (Lipinski definition) is 1. The van der Waals surface area contributed by atoms with E-state index in [-0.39, 0.29) is 10.6 Å². The number of Topliss-reactive ketones (excluding diaryl/α,β-unsaturated/α-hetero) is 1. The Morgan fingerprint density at radius 1 is 1.57 bits per heavy atom. The summed E-state index contributed by atoms with van der Waals surface area (Å²) in [5.41, 5.74) is 1.61. The number of alkyl halides is 2. The van der Waals surface area contributed by atoms with Gasteiger partial charge in [-0.15, -0.1) is 11.6 Å². The first-order valence-corrected chi connectivity index (χ1v) is 6.34. The maximum atomic E-state index is 11.7. The third-order valence-corrected chi connectivity index (χ3v) is 3.49. The Labute approximate surface area is 105 Å². The third kappa shape index (κ3) is 2.59. The first-order chi connectivity index (χ1) is 6.57. The van der Waals surface area contributed by atoms with Crippen LogP contribution in [-0.2, 0) is 5.88 Å². The van der Waals surface area contributed by atoms with Crippen LogP contribution in [0.4, 0.5) is 0 Å². The summed E-state index contributed by atoms with van der Waals surface area (Å²) in [5.74, 6) is 0.460. The van der Waals surface area contributed by atoms with E-state index in [1.807, 2.05) is 19.1 Å². The molecule has 1 unspecified atom stereocenters. The summed E-state index contributed by atoms with van der Waals surface area (Å²) in [7, 11) is 0. The van der Waals surface area contributed by atoms with E-state index in [0.717, 1.165) is 10.0 Å². The van der Waals surface area contributed by atoms with Crippen molar-refractivity contribution in [3.8, 4) is 0 Å². The van der Waals surface area contributed by atoms with Gasteiger partial charge >= 0.3 is 0 Å². The van der Waals surface area contributed by atoms with Crippen LogP contribution in [0.5, 0.6) is 0 Å². The molecular formula is C10H9Br2ClO. The fraction of sp³-hybridized carbons (Fsp3) is 0.300. The minimum absolute atomic E-state index is 0.0591. The van der Waals surface area contributed by atoms with Gasteiger partial charge in [-0.05, 0) is 28.4 Å². The van der Waals surface area contributed by atoms with Crippen LogP contribution in [0.1, 0.15) is 22.8 Å². The van der Waals surface area contributed by atoms with Crippen molar-refractivity contribution >= 4 is 49.2 Å². The molecule has 0 spiro atoms. The van der Waals surface area contributed by atoms with Crippen molar-refractivity contribution < 1.29 is 4.79 Å². The molecule has 0 heterocycles. The van der Waals surface area contributed by atoms with Crippen LogP contribution in [0.25, 0.3) is 0 Å². The zero-order valence-electron chi connectivity index (χ0n) is 7.56. The molecule has 76 valence electrons. The van der Waals surface area contributed by atoms with Crippen molar-refractivity contribution in [3.05, 3.63) is 33.8 Å². The first-order valence-electron chi connectivity index (χ1n) is 4.09. The molecule has 0 aromatic heterocycles. The van der Waals surface area contributed by atoms with E-state index >= 15 is 0 Å². The SMILES string of the molecule is CC(Br)C(=O)c1cccc(CCl)c1Br. The predicted octanol–water partition coefficient (Wildman–Crippen LogP) is 4.15. The van der Waals surface area contributed by atoms with Crippen LogP contribution in [0.15, 0.2) is 22.7 Å². The molecule has 0 amide bonds. The van der Waals surface area contributed by atoms with Gasteiger partial charge in [-0.25, -0.2) is 0 Å². The molecule has 0 saturated heterocycles. The van der Waals surface area contributed by atoms with Gasteiger partial charge in [0.05, 0.1) is 4.83 Å². The summed E-state index contributed by atoms with van der Waals surface area (Å²) in [4.78, 5) is 11.5. The summed E-state index contributed by atoms with van der Waals surface area (Å²) in [6.07, 6.45) is 0. The smallest absolute Gasteiger partial charge is 0.177 e. The van der Waals surface area contributed by atoms with Crippen molar-refractivity contribution in [2.75, 3.05) is 0 Å². The van der Waals surface area contributed by atoms with Gasteiger partial charge < -0.3 is 0 Å². The molecule has 1 rings (SSSR count). The zero-order chi connectivity index (χ0) is 10.7. The monoisotopic (exact) mass is 338 g/mol. The lowest BCUT2D eigenvalue weighted by atomic mass is 10.1. The lowest BCUT2D eigenvalue weighted by Crippen LogP contribution is -2.11. The van der Waals surface area contributed by atoms with E-state index in [4.69, 9.17) is 11.6 Å². The Morgan fingerprint density at radius 2 is 2.21 bits per heavy atom. The van der Waals surface area contributed by atoms with Crippen molar-refractivity contribution in [3.63, 3.8) is 0 Å². The highest BCUT2D eigenvalue weighted by Gasteiger charge is 2.16. The van der Waals surface area contributed by atoms with Crippen molar-refractivity contribution in [1.82, 2.24) is 0 Å². The summed E-state index contributed by atoms with van der Waals surface area (Å²) < 4.78 is 0.798. The Hall–Kier alpha value is 0.140. The molecule has 1 aromatic rings. The van der Waals surface area contributed by atoms with Gasteiger partial charge in [0.1, 0.15) is 0 Å². The molecule has 0 aliphatic carbocycles. The van der Waals surface area contributed by atoms with Gasteiger partial charge in [-0.1, -0.05) is 34.1 Å². The average Bonchev–Trinajstić information content (AvgIpc) is 2.17. The van der Waals surface area contributed by atoms with Crippen LogP contribution < -0.4 is 0 Å². The van der Waals surface area contributed by atoms with E-state index in [2.05, 4.69) is 31.9 Å². The van der Waals surface area contributed by atoms with E-state index in [9.17, 15) is 4.79 Å². The van der Waals surface area contributed by atoms with Crippen LogP contribution in [0.2, 0.25) is 0 Å². The fourth-order valence-electron chi connectivity index (χ4n) is 1.09. The average molecular weight is 340 g/mol. The maximum Gasteiger partial charge on any atom is 0.177 e. The topological polar surface area (TPSA) is 17.1 Å². The predicted molar refractivity (Wildman–Crippen MR) is 66.4 cm³/mol. The molecule has 0 saturated carbocycles. The largest absolute Gasteiger partial charge is 0.293 e. The van der Waals surface area contributed by atoms with Gasteiger partial charge in [0, 0.05) is 15.9 Å². The molecule has 0 N–H and O–H groups in total. The summed E-state index contributed by atoms with van der Waals surface area (Å²) >= 11 is 12.4. The second kappa shape index (κ2) is 5.29. The Bertz CT molecular complexity index is 350. The number of benzene rings is 1. The summed E-state index contributed by atoms with van der Waals surface area (Å²) in [6.45, 7) is 1.81. The highest BCUT2D eigenvalue weighted by molar-refractivity contribution is 9.10. The van der Waals surface area contributed by atoms with Crippen molar-refractivity contribution in [1.29, 1.82) is 0 Å². The van der Waals surface area contributed by atoms with Gasteiger partial charge in [0.15, 0.2) is 5.78 Å². The molecule has 1 atom stereocenters. The van der Waals surface area contributed by atoms with Crippen LogP contribution in [0, 0.1) is 0 Å².